The Morgan fingerprint density at radius 2 is 2.00 bits per heavy atom. The number of anilines is 1. The van der Waals surface area contributed by atoms with Crippen molar-refractivity contribution in [3.05, 3.63) is 59.8 Å². The van der Waals surface area contributed by atoms with Crippen LogP contribution in [0.2, 0.25) is 0 Å². The van der Waals surface area contributed by atoms with Crippen LogP contribution in [-0.4, -0.2) is 27.8 Å². The van der Waals surface area contributed by atoms with Crippen molar-refractivity contribution in [2.24, 2.45) is 0 Å². The lowest BCUT2D eigenvalue weighted by Crippen LogP contribution is -2.36. The molecule has 5 heteroatoms. The van der Waals surface area contributed by atoms with Crippen molar-refractivity contribution in [3.63, 3.8) is 0 Å². The summed E-state index contributed by atoms with van der Waals surface area (Å²) in [6, 6.07) is 12.3. The van der Waals surface area contributed by atoms with Gasteiger partial charge in [-0.1, -0.05) is 30.3 Å². The number of pyridine rings is 1. The Hall–Kier alpha value is -2.40. The van der Waals surface area contributed by atoms with Gasteiger partial charge in [0.15, 0.2) is 0 Å². The Labute approximate surface area is 116 Å². The van der Waals surface area contributed by atoms with Gasteiger partial charge in [0.1, 0.15) is 5.82 Å². The number of carbonyl (C=O) groups is 1. The molecule has 2 rings (SSSR count). The van der Waals surface area contributed by atoms with E-state index in [4.69, 9.17) is 5.11 Å². The number of nitrogens with zero attached hydrogens (tertiary/aromatic N) is 1. The molecule has 1 atom stereocenters. The number of benzene rings is 1. The van der Waals surface area contributed by atoms with Gasteiger partial charge in [0.25, 0.3) is 0 Å². The van der Waals surface area contributed by atoms with Gasteiger partial charge >= 0.3 is 5.97 Å². The van der Waals surface area contributed by atoms with E-state index in [0.29, 0.717) is 5.82 Å². The van der Waals surface area contributed by atoms with Crippen molar-refractivity contribution in [1.82, 2.24) is 4.98 Å². The number of carboxylic acid groups (broad SMARTS) is 1. The summed E-state index contributed by atoms with van der Waals surface area (Å²) < 4.78 is 0. The fourth-order valence-corrected chi connectivity index (χ4v) is 1.92. The van der Waals surface area contributed by atoms with Crippen LogP contribution in [0.25, 0.3) is 0 Å². The van der Waals surface area contributed by atoms with Crippen molar-refractivity contribution < 1.29 is 15.0 Å². The second kappa shape index (κ2) is 5.71. The molecule has 0 saturated carbocycles. The van der Waals surface area contributed by atoms with E-state index >= 15 is 0 Å². The molecule has 20 heavy (non-hydrogen) atoms. The average Bonchev–Trinajstić information content (AvgIpc) is 2.48. The van der Waals surface area contributed by atoms with Gasteiger partial charge in [-0.2, -0.15) is 0 Å². The molecule has 0 aliphatic rings. The van der Waals surface area contributed by atoms with E-state index in [1.165, 1.54) is 18.3 Å². The van der Waals surface area contributed by atoms with Crippen molar-refractivity contribution in [3.8, 4) is 0 Å². The third-order valence-electron chi connectivity index (χ3n) is 3.14. The summed E-state index contributed by atoms with van der Waals surface area (Å²) in [5.41, 5.74) is 0.312. The van der Waals surface area contributed by atoms with Crippen LogP contribution in [0.15, 0.2) is 48.7 Å². The van der Waals surface area contributed by atoms with Crippen molar-refractivity contribution >= 4 is 11.8 Å². The Balaban J connectivity index is 2.31. The fraction of sp³-hybridized carbons (Fsp3) is 0.200. The highest BCUT2D eigenvalue weighted by Gasteiger charge is 2.26. The van der Waals surface area contributed by atoms with Crippen LogP contribution in [0.4, 0.5) is 5.82 Å². The number of aromatic nitrogens is 1. The standard InChI is InChI=1S/C15H16N2O3/c1-15(10-18,12-5-3-2-4-6-12)17-13-9-11(14(19)20)7-8-16-13/h2-9,18H,10H2,1H3,(H,16,17)(H,19,20). The maximum absolute atomic E-state index is 11.0. The summed E-state index contributed by atoms with van der Waals surface area (Å²) >= 11 is 0. The van der Waals surface area contributed by atoms with Crippen LogP contribution >= 0.6 is 0 Å². The summed E-state index contributed by atoms with van der Waals surface area (Å²) in [6.45, 7) is 1.69. The van der Waals surface area contributed by atoms with Crippen LogP contribution in [0, 0.1) is 0 Å². The second-order valence-electron chi connectivity index (χ2n) is 4.72. The van der Waals surface area contributed by atoms with Gasteiger partial charge in [0, 0.05) is 6.20 Å². The Kier molecular flexibility index (Phi) is 4.00. The van der Waals surface area contributed by atoms with Gasteiger partial charge in [-0.05, 0) is 24.6 Å². The lowest BCUT2D eigenvalue weighted by atomic mass is 9.93. The van der Waals surface area contributed by atoms with E-state index in [9.17, 15) is 9.90 Å². The number of aliphatic hydroxyl groups is 1. The van der Waals surface area contributed by atoms with Gasteiger partial charge in [-0.15, -0.1) is 0 Å². The van der Waals surface area contributed by atoms with Crippen molar-refractivity contribution in [2.75, 3.05) is 11.9 Å². The summed E-state index contributed by atoms with van der Waals surface area (Å²) in [4.78, 5) is 15.0. The first-order valence-electron chi connectivity index (χ1n) is 6.19. The highest BCUT2D eigenvalue weighted by molar-refractivity contribution is 5.88. The van der Waals surface area contributed by atoms with Gasteiger partial charge < -0.3 is 15.5 Å². The largest absolute Gasteiger partial charge is 0.478 e. The highest BCUT2D eigenvalue weighted by atomic mass is 16.4. The summed E-state index contributed by atoms with van der Waals surface area (Å²) in [5, 5.41) is 21.7. The third-order valence-corrected chi connectivity index (χ3v) is 3.14. The minimum Gasteiger partial charge on any atom is -0.478 e. The number of hydrogen-bond acceptors (Lipinski definition) is 4. The highest BCUT2D eigenvalue weighted by Crippen LogP contribution is 2.25. The average molecular weight is 272 g/mol. The number of aromatic carboxylic acids is 1. The van der Waals surface area contributed by atoms with Crippen LogP contribution in [0.5, 0.6) is 0 Å². The topological polar surface area (TPSA) is 82.5 Å². The van der Waals surface area contributed by atoms with Gasteiger partial charge in [0.2, 0.25) is 0 Å². The predicted octanol–water partition coefficient (Wildman–Crippen LogP) is 2.10. The summed E-state index contributed by atoms with van der Waals surface area (Å²) in [7, 11) is 0. The molecular weight excluding hydrogens is 256 g/mol. The number of nitrogens with one attached hydrogen (secondary N) is 1. The maximum Gasteiger partial charge on any atom is 0.335 e. The number of aliphatic hydroxyl groups excluding tert-OH is 1. The molecule has 5 nitrogen and oxygen atoms in total. The molecule has 0 aliphatic carbocycles. The lowest BCUT2D eigenvalue weighted by Gasteiger charge is -2.30. The fourth-order valence-electron chi connectivity index (χ4n) is 1.92. The molecule has 1 aromatic heterocycles. The molecule has 0 spiro atoms. The monoisotopic (exact) mass is 272 g/mol. The molecule has 104 valence electrons. The number of rotatable bonds is 5. The molecule has 0 radical (unpaired) electrons. The number of hydrogen-bond donors (Lipinski definition) is 3. The first kappa shape index (κ1) is 14.0. The Morgan fingerprint density at radius 3 is 2.60 bits per heavy atom. The van der Waals surface area contributed by atoms with Crippen molar-refractivity contribution in [2.45, 2.75) is 12.5 Å². The predicted molar refractivity (Wildman–Crippen MR) is 75.7 cm³/mol. The lowest BCUT2D eigenvalue weighted by molar-refractivity contribution is 0.0697. The van der Waals surface area contributed by atoms with E-state index in [1.807, 2.05) is 37.3 Å². The normalized spacial score (nSPS) is 13.5. The molecule has 1 heterocycles. The minimum absolute atomic E-state index is 0.143. The van der Waals surface area contributed by atoms with E-state index in [-0.39, 0.29) is 12.2 Å². The number of carboxylic acids is 1. The van der Waals surface area contributed by atoms with Gasteiger partial charge in [-0.25, -0.2) is 9.78 Å². The summed E-state index contributed by atoms with van der Waals surface area (Å²) in [6.07, 6.45) is 1.43. The second-order valence-corrected chi connectivity index (χ2v) is 4.72. The van der Waals surface area contributed by atoms with Gasteiger partial charge in [0.05, 0.1) is 17.7 Å². The van der Waals surface area contributed by atoms with Crippen LogP contribution in [0.1, 0.15) is 22.8 Å². The quantitative estimate of drug-likeness (QED) is 0.776. The molecule has 0 amide bonds. The molecule has 0 fully saturated rings. The molecule has 1 aromatic carbocycles. The van der Waals surface area contributed by atoms with E-state index < -0.39 is 11.5 Å². The van der Waals surface area contributed by atoms with E-state index in [0.717, 1.165) is 5.56 Å². The molecule has 2 aromatic rings. The molecule has 0 saturated heterocycles. The molecular formula is C15H16N2O3. The third kappa shape index (κ3) is 2.95. The smallest absolute Gasteiger partial charge is 0.335 e. The van der Waals surface area contributed by atoms with Crippen LogP contribution < -0.4 is 5.32 Å². The zero-order valence-corrected chi connectivity index (χ0v) is 11.1. The molecule has 1 unspecified atom stereocenters. The zero-order chi connectivity index (χ0) is 14.6. The molecule has 0 bridgehead atoms. The Bertz CT molecular complexity index is 601. The summed E-state index contributed by atoms with van der Waals surface area (Å²) in [5.74, 6) is -0.605. The first-order valence-corrected chi connectivity index (χ1v) is 6.19. The van der Waals surface area contributed by atoms with Crippen LogP contribution in [0.3, 0.4) is 0 Å². The van der Waals surface area contributed by atoms with Crippen molar-refractivity contribution in [1.29, 1.82) is 0 Å². The minimum atomic E-state index is -1.01. The Morgan fingerprint density at radius 1 is 1.30 bits per heavy atom. The first-order chi connectivity index (χ1) is 9.55. The van der Waals surface area contributed by atoms with E-state index in [2.05, 4.69) is 10.3 Å². The maximum atomic E-state index is 11.0. The van der Waals surface area contributed by atoms with Gasteiger partial charge in [-0.3, -0.25) is 0 Å². The molecule has 3 N–H and O–H groups in total. The van der Waals surface area contributed by atoms with E-state index in [1.54, 1.807) is 0 Å². The molecule has 0 aliphatic heterocycles. The van der Waals surface area contributed by atoms with Crippen LogP contribution in [-0.2, 0) is 5.54 Å². The zero-order valence-electron chi connectivity index (χ0n) is 11.1. The SMILES string of the molecule is CC(CO)(Nc1cc(C(=O)O)ccn1)c1ccccc1.